The van der Waals surface area contributed by atoms with Crippen LogP contribution in [0.4, 0.5) is 13.2 Å². The fourth-order valence-electron chi connectivity index (χ4n) is 1.49. The number of benzene rings is 1. The summed E-state index contributed by atoms with van der Waals surface area (Å²) in [7, 11) is 0. The first kappa shape index (κ1) is 15.7. The van der Waals surface area contributed by atoms with Gasteiger partial charge in [-0.25, -0.2) is 0 Å². The van der Waals surface area contributed by atoms with Crippen molar-refractivity contribution in [2.75, 3.05) is 0 Å². The van der Waals surface area contributed by atoms with Crippen molar-refractivity contribution in [1.29, 1.82) is 0 Å². The molecule has 0 aromatic heterocycles. The predicted octanol–water partition coefficient (Wildman–Crippen LogP) is 3.74. The molecule has 0 radical (unpaired) electrons. The van der Waals surface area contributed by atoms with E-state index in [0.29, 0.717) is 5.56 Å². The molecule has 0 bridgehead atoms. The van der Waals surface area contributed by atoms with Gasteiger partial charge < -0.3 is 5.11 Å². The van der Waals surface area contributed by atoms with Crippen LogP contribution in [0.3, 0.4) is 0 Å². The Morgan fingerprint density at radius 2 is 1.63 bits per heavy atom. The van der Waals surface area contributed by atoms with Crippen LogP contribution in [-0.2, 0) is 11.0 Å². The van der Waals surface area contributed by atoms with Gasteiger partial charge in [0.2, 0.25) is 0 Å². The number of rotatable bonds is 3. The smallest absolute Gasteiger partial charge is 0.388 e. The monoisotopic (exact) mass is 274 g/mol. The number of aliphatic hydroxyl groups excluding tert-OH is 1. The van der Waals surface area contributed by atoms with Gasteiger partial charge in [0.05, 0.1) is 11.7 Å². The number of Topliss-reactive ketones (excluding diaryl/α,β-unsaturated/α-hetero) is 1. The normalized spacial score (nSPS) is 14.3. The van der Waals surface area contributed by atoms with Crippen LogP contribution in [0.1, 0.15) is 44.4 Å². The van der Waals surface area contributed by atoms with Crippen LogP contribution in [-0.4, -0.2) is 10.9 Å². The summed E-state index contributed by atoms with van der Waals surface area (Å²) in [5.74, 6) is -0.139. The van der Waals surface area contributed by atoms with E-state index in [1.807, 2.05) is 0 Å². The maximum absolute atomic E-state index is 12.4. The molecule has 1 unspecified atom stereocenters. The molecule has 0 aliphatic heterocycles. The van der Waals surface area contributed by atoms with Crippen molar-refractivity contribution in [3.05, 3.63) is 35.4 Å². The van der Waals surface area contributed by atoms with E-state index in [-0.39, 0.29) is 12.2 Å². The summed E-state index contributed by atoms with van der Waals surface area (Å²) >= 11 is 0. The lowest BCUT2D eigenvalue weighted by atomic mass is 9.86. The van der Waals surface area contributed by atoms with E-state index in [9.17, 15) is 23.1 Å². The molecule has 0 amide bonds. The number of carbonyl (C=O) groups excluding carboxylic acids is 1. The Hall–Kier alpha value is -1.36. The highest BCUT2D eigenvalue weighted by atomic mass is 19.4. The van der Waals surface area contributed by atoms with Gasteiger partial charge in [-0.15, -0.1) is 0 Å². The van der Waals surface area contributed by atoms with E-state index in [0.717, 1.165) is 12.1 Å². The number of carbonyl (C=O) groups is 1. The first-order valence-electron chi connectivity index (χ1n) is 5.90. The Bertz CT molecular complexity index is 441. The average molecular weight is 274 g/mol. The minimum absolute atomic E-state index is 0.102. The highest BCUT2D eigenvalue weighted by molar-refractivity contribution is 5.84. The SMILES string of the molecule is CC(C)(C)C(=O)CC(O)c1ccc(C(F)(F)F)cc1. The molecule has 2 nitrogen and oxygen atoms in total. The lowest BCUT2D eigenvalue weighted by Gasteiger charge is -2.19. The molecule has 1 N–H and O–H groups in total. The number of alkyl halides is 3. The van der Waals surface area contributed by atoms with Crippen LogP contribution in [0, 0.1) is 5.41 Å². The van der Waals surface area contributed by atoms with Crippen molar-refractivity contribution >= 4 is 5.78 Å². The molecular formula is C14H17F3O2. The molecule has 1 aromatic rings. The van der Waals surface area contributed by atoms with E-state index in [2.05, 4.69) is 0 Å². The number of hydrogen-bond acceptors (Lipinski definition) is 2. The third kappa shape index (κ3) is 4.35. The molecule has 0 saturated carbocycles. The summed E-state index contributed by atoms with van der Waals surface area (Å²) in [6.07, 6.45) is -5.58. The zero-order valence-electron chi connectivity index (χ0n) is 11.1. The lowest BCUT2D eigenvalue weighted by molar-refractivity contribution is -0.137. The number of hydrogen-bond donors (Lipinski definition) is 1. The van der Waals surface area contributed by atoms with Gasteiger partial charge in [-0.05, 0) is 17.7 Å². The third-order valence-electron chi connectivity index (χ3n) is 2.84. The molecule has 1 rings (SSSR count). The highest BCUT2D eigenvalue weighted by Crippen LogP contribution is 2.31. The summed E-state index contributed by atoms with van der Waals surface area (Å²) in [5, 5.41) is 9.85. The summed E-state index contributed by atoms with van der Waals surface area (Å²) in [4.78, 5) is 11.7. The number of halogens is 3. The average Bonchev–Trinajstić information content (AvgIpc) is 2.26. The zero-order valence-corrected chi connectivity index (χ0v) is 11.1. The van der Waals surface area contributed by atoms with Crippen molar-refractivity contribution in [2.45, 2.75) is 39.5 Å². The Labute approximate surface area is 110 Å². The van der Waals surface area contributed by atoms with E-state index < -0.39 is 23.3 Å². The molecule has 0 fully saturated rings. The fraction of sp³-hybridized carbons (Fsp3) is 0.500. The lowest BCUT2D eigenvalue weighted by Crippen LogP contribution is -2.22. The van der Waals surface area contributed by atoms with E-state index in [4.69, 9.17) is 0 Å². The summed E-state index contributed by atoms with van der Waals surface area (Å²) in [6, 6.07) is 4.20. The van der Waals surface area contributed by atoms with Crippen LogP contribution < -0.4 is 0 Å². The standard InChI is InChI=1S/C14H17F3O2/c1-13(2,3)12(19)8-11(18)9-4-6-10(7-5-9)14(15,16)17/h4-7,11,18H,8H2,1-3H3. The largest absolute Gasteiger partial charge is 0.416 e. The van der Waals surface area contributed by atoms with Crippen LogP contribution in [0.5, 0.6) is 0 Å². The molecular weight excluding hydrogens is 257 g/mol. The molecule has 5 heteroatoms. The summed E-state index contributed by atoms with van der Waals surface area (Å²) in [5.41, 5.74) is -1.04. The van der Waals surface area contributed by atoms with Gasteiger partial charge >= 0.3 is 6.18 Å². The van der Waals surface area contributed by atoms with Crippen molar-refractivity contribution in [3.8, 4) is 0 Å². The first-order valence-corrected chi connectivity index (χ1v) is 5.90. The van der Waals surface area contributed by atoms with E-state index >= 15 is 0 Å². The van der Waals surface area contributed by atoms with Gasteiger partial charge in [-0.1, -0.05) is 32.9 Å². The zero-order chi connectivity index (χ0) is 14.8. The topological polar surface area (TPSA) is 37.3 Å². The van der Waals surface area contributed by atoms with Crippen LogP contribution in [0.15, 0.2) is 24.3 Å². The molecule has 0 spiro atoms. The Morgan fingerprint density at radius 3 is 2.00 bits per heavy atom. The number of ketones is 1. The van der Waals surface area contributed by atoms with Crippen molar-refractivity contribution in [3.63, 3.8) is 0 Å². The Kier molecular flexibility index (Phi) is 4.40. The molecule has 0 aliphatic carbocycles. The maximum atomic E-state index is 12.4. The molecule has 19 heavy (non-hydrogen) atoms. The molecule has 0 heterocycles. The second kappa shape index (κ2) is 5.33. The van der Waals surface area contributed by atoms with Gasteiger partial charge in [0.1, 0.15) is 5.78 Å². The van der Waals surface area contributed by atoms with Gasteiger partial charge in [0, 0.05) is 11.8 Å². The third-order valence-corrected chi connectivity index (χ3v) is 2.84. The second-order valence-corrected chi connectivity index (χ2v) is 5.51. The second-order valence-electron chi connectivity index (χ2n) is 5.51. The molecule has 1 aromatic carbocycles. The van der Waals surface area contributed by atoms with Crippen molar-refractivity contribution in [2.24, 2.45) is 5.41 Å². The Morgan fingerprint density at radius 1 is 1.16 bits per heavy atom. The van der Waals surface area contributed by atoms with Crippen LogP contribution in [0.25, 0.3) is 0 Å². The van der Waals surface area contributed by atoms with Crippen molar-refractivity contribution < 1.29 is 23.1 Å². The van der Waals surface area contributed by atoms with Gasteiger partial charge in [0.25, 0.3) is 0 Å². The quantitative estimate of drug-likeness (QED) is 0.911. The van der Waals surface area contributed by atoms with Gasteiger partial charge in [-0.3, -0.25) is 4.79 Å². The van der Waals surface area contributed by atoms with Crippen molar-refractivity contribution in [1.82, 2.24) is 0 Å². The fourth-order valence-corrected chi connectivity index (χ4v) is 1.49. The minimum Gasteiger partial charge on any atom is -0.388 e. The molecule has 1 atom stereocenters. The van der Waals surface area contributed by atoms with Gasteiger partial charge in [-0.2, -0.15) is 13.2 Å². The summed E-state index contributed by atoms with van der Waals surface area (Å²) in [6.45, 7) is 5.19. The highest BCUT2D eigenvalue weighted by Gasteiger charge is 2.30. The summed E-state index contributed by atoms with van der Waals surface area (Å²) < 4.78 is 37.1. The maximum Gasteiger partial charge on any atom is 0.416 e. The molecule has 106 valence electrons. The molecule has 0 saturated heterocycles. The Balaban J connectivity index is 2.79. The minimum atomic E-state index is -4.40. The number of aliphatic hydroxyl groups is 1. The van der Waals surface area contributed by atoms with Gasteiger partial charge in [0.15, 0.2) is 0 Å². The van der Waals surface area contributed by atoms with E-state index in [1.165, 1.54) is 12.1 Å². The van der Waals surface area contributed by atoms with E-state index in [1.54, 1.807) is 20.8 Å². The van der Waals surface area contributed by atoms with Crippen LogP contribution in [0.2, 0.25) is 0 Å². The van der Waals surface area contributed by atoms with Crippen LogP contribution >= 0.6 is 0 Å². The molecule has 0 aliphatic rings. The first-order chi connectivity index (χ1) is 8.51. The predicted molar refractivity (Wildman–Crippen MR) is 65.5 cm³/mol.